The van der Waals surface area contributed by atoms with Crippen LogP contribution in [0.3, 0.4) is 0 Å². The molecule has 0 aromatic carbocycles. The number of carbonyl (C=O) groups is 1. The van der Waals surface area contributed by atoms with E-state index in [1.165, 1.54) is 0 Å². The fourth-order valence-electron chi connectivity index (χ4n) is 0.644. The minimum Gasteiger partial charge on any atom is -0.320 e. The van der Waals surface area contributed by atoms with Gasteiger partial charge in [0.1, 0.15) is 5.88 Å². The van der Waals surface area contributed by atoms with Gasteiger partial charge in [0.2, 0.25) is 11.9 Å². The SMILES string of the molecule is Cn1ccnc1NC(=O)CCl. The summed E-state index contributed by atoms with van der Waals surface area (Å²) in [5.41, 5.74) is 0. The van der Waals surface area contributed by atoms with Crippen molar-refractivity contribution < 1.29 is 4.79 Å². The average molecular weight is 174 g/mol. The summed E-state index contributed by atoms with van der Waals surface area (Å²) in [6, 6.07) is 0. The Kier molecular flexibility index (Phi) is 2.48. The number of nitrogens with zero attached hydrogens (tertiary/aromatic N) is 2. The van der Waals surface area contributed by atoms with Crippen molar-refractivity contribution >= 4 is 23.5 Å². The van der Waals surface area contributed by atoms with Gasteiger partial charge in [0.15, 0.2) is 0 Å². The van der Waals surface area contributed by atoms with Crippen molar-refractivity contribution in [1.29, 1.82) is 0 Å². The Morgan fingerprint density at radius 2 is 2.64 bits per heavy atom. The molecule has 0 aliphatic carbocycles. The van der Waals surface area contributed by atoms with E-state index >= 15 is 0 Å². The van der Waals surface area contributed by atoms with Crippen LogP contribution >= 0.6 is 11.6 Å². The molecule has 1 aromatic rings. The van der Waals surface area contributed by atoms with Gasteiger partial charge < -0.3 is 4.57 Å². The summed E-state index contributed by atoms with van der Waals surface area (Å²) >= 11 is 5.27. The van der Waals surface area contributed by atoms with Gasteiger partial charge in [0.05, 0.1) is 0 Å². The maximum Gasteiger partial charge on any atom is 0.241 e. The van der Waals surface area contributed by atoms with Gasteiger partial charge in [0.25, 0.3) is 0 Å². The number of amides is 1. The highest BCUT2D eigenvalue weighted by Crippen LogP contribution is 1.99. The van der Waals surface area contributed by atoms with E-state index in [0.717, 1.165) is 0 Å². The Balaban J connectivity index is 2.64. The van der Waals surface area contributed by atoms with Gasteiger partial charge in [-0.2, -0.15) is 0 Å². The molecule has 1 N–H and O–H groups in total. The number of imidazole rings is 1. The molecule has 60 valence electrons. The van der Waals surface area contributed by atoms with Crippen molar-refractivity contribution in [3.8, 4) is 0 Å². The largest absolute Gasteiger partial charge is 0.320 e. The summed E-state index contributed by atoms with van der Waals surface area (Å²) in [4.78, 5) is 14.6. The zero-order valence-electron chi connectivity index (χ0n) is 6.04. The summed E-state index contributed by atoms with van der Waals surface area (Å²) in [6.07, 6.45) is 3.34. The lowest BCUT2D eigenvalue weighted by atomic mass is 10.7. The lowest BCUT2D eigenvalue weighted by molar-refractivity contribution is -0.114. The molecule has 0 atom stereocenters. The lowest BCUT2D eigenvalue weighted by Gasteiger charge is -2.00. The molecule has 0 aliphatic heterocycles. The minimum absolute atomic E-state index is 0.0488. The van der Waals surface area contributed by atoms with E-state index in [4.69, 9.17) is 11.6 Å². The molecular formula is C6H8ClN3O. The predicted octanol–water partition coefficient (Wildman–Crippen LogP) is 0.597. The molecule has 0 aliphatic rings. The highest BCUT2D eigenvalue weighted by Gasteiger charge is 2.02. The van der Waals surface area contributed by atoms with Crippen molar-refractivity contribution in [3.63, 3.8) is 0 Å². The normalized spacial score (nSPS) is 9.64. The van der Waals surface area contributed by atoms with Crippen LogP contribution in [-0.2, 0) is 11.8 Å². The number of rotatable bonds is 2. The summed E-state index contributed by atoms with van der Waals surface area (Å²) in [5.74, 6) is 0.212. The third kappa shape index (κ3) is 1.94. The fraction of sp³-hybridized carbons (Fsp3) is 0.333. The third-order valence-corrected chi connectivity index (χ3v) is 1.44. The highest BCUT2D eigenvalue weighted by atomic mass is 35.5. The number of hydrogen-bond donors (Lipinski definition) is 1. The van der Waals surface area contributed by atoms with E-state index in [9.17, 15) is 4.79 Å². The quantitative estimate of drug-likeness (QED) is 0.666. The van der Waals surface area contributed by atoms with Gasteiger partial charge in [-0.05, 0) is 0 Å². The van der Waals surface area contributed by atoms with Crippen LogP contribution in [0.2, 0.25) is 0 Å². The lowest BCUT2D eigenvalue weighted by Crippen LogP contribution is -2.15. The van der Waals surface area contributed by atoms with Crippen LogP contribution in [0.15, 0.2) is 12.4 Å². The molecule has 0 bridgehead atoms. The first-order chi connectivity index (χ1) is 5.24. The van der Waals surface area contributed by atoms with Gasteiger partial charge in [-0.1, -0.05) is 0 Å². The minimum atomic E-state index is -0.249. The van der Waals surface area contributed by atoms with Crippen LogP contribution in [0, 0.1) is 0 Å². The third-order valence-electron chi connectivity index (χ3n) is 1.19. The second-order valence-corrected chi connectivity index (χ2v) is 2.31. The van der Waals surface area contributed by atoms with E-state index in [-0.39, 0.29) is 11.8 Å². The molecule has 11 heavy (non-hydrogen) atoms. The van der Waals surface area contributed by atoms with Crippen molar-refractivity contribution in [2.75, 3.05) is 11.2 Å². The van der Waals surface area contributed by atoms with E-state index in [2.05, 4.69) is 10.3 Å². The number of carbonyl (C=O) groups excluding carboxylic acids is 1. The van der Waals surface area contributed by atoms with Crippen LogP contribution in [0.25, 0.3) is 0 Å². The Labute approximate surface area is 69.2 Å². The van der Waals surface area contributed by atoms with E-state index in [0.29, 0.717) is 5.95 Å². The van der Waals surface area contributed by atoms with Crippen LogP contribution in [0.1, 0.15) is 0 Å². The van der Waals surface area contributed by atoms with Gasteiger partial charge in [-0.25, -0.2) is 4.98 Å². The van der Waals surface area contributed by atoms with Crippen molar-refractivity contribution in [1.82, 2.24) is 9.55 Å². The monoisotopic (exact) mass is 173 g/mol. The van der Waals surface area contributed by atoms with Gasteiger partial charge in [0, 0.05) is 19.4 Å². The van der Waals surface area contributed by atoms with Crippen LogP contribution in [-0.4, -0.2) is 21.3 Å². The molecule has 0 saturated carbocycles. The number of alkyl halides is 1. The van der Waals surface area contributed by atoms with Gasteiger partial charge in [-0.15, -0.1) is 11.6 Å². The topological polar surface area (TPSA) is 46.9 Å². The fourth-order valence-corrected chi connectivity index (χ4v) is 0.711. The maximum absolute atomic E-state index is 10.7. The van der Waals surface area contributed by atoms with Crippen LogP contribution in [0.5, 0.6) is 0 Å². The molecule has 4 nitrogen and oxygen atoms in total. The number of halogens is 1. The molecule has 1 amide bonds. The van der Waals surface area contributed by atoms with E-state index in [1.54, 1.807) is 24.0 Å². The van der Waals surface area contributed by atoms with Crippen LogP contribution in [0.4, 0.5) is 5.95 Å². The Morgan fingerprint density at radius 3 is 3.09 bits per heavy atom. The zero-order valence-corrected chi connectivity index (χ0v) is 6.80. The standard InChI is InChI=1S/C6H8ClN3O/c1-10-3-2-8-6(10)9-5(11)4-7/h2-3H,4H2,1H3,(H,8,9,11). The van der Waals surface area contributed by atoms with E-state index in [1.807, 2.05) is 0 Å². The number of anilines is 1. The van der Waals surface area contributed by atoms with Crippen molar-refractivity contribution in [3.05, 3.63) is 12.4 Å². The molecule has 1 rings (SSSR count). The first kappa shape index (κ1) is 8.07. The summed E-state index contributed by atoms with van der Waals surface area (Å²) in [5, 5.41) is 2.52. The maximum atomic E-state index is 10.7. The Hall–Kier alpha value is -1.03. The summed E-state index contributed by atoms with van der Waals surface area (Å²) in [6.45, 7) is 0. The number of aromatic nitrogens is 2. The molecule has 0 saturated heterocycles. The zero-order chi connectivity index (χ0) is 8.27. The van der Waals surface area contributed by atoms with Crippen molar-refractivity contribution in [2.45, 2.75) is 0 Å². The second-order valence-electron chi connectivity index (χ2n) is 2.04. The molecule has 5 heteroatoms. The molecule has 1 aromatic heterocycles. The number of hydrogen-bond acceptors (Lipinski definition) is 2. The van der Waals surface area contributed by atoms with Crippen LogP contribution < -0.4 is 5.32 Å². The average Bonchev–Trinajstić information content (AvgIpc) is 2.37. The van der Waals surface area contributed by atoms with E-state index < -0.39 is 0 Å². The predicted molar refractivity (Wildman–Crippen MR) is 42.6 cm³/mol. The second kappa shape index (κ2) is 3.39. The first-order valence-electron chi connectivity index (χ1n) is 3.07. The summed E-state index contributed by atoms with van der Waals surface area (Å²) < 4.78 is 1.70. The number of aryl methyl sites for hydroxylation is 1. The summed E-state index contributed by atoms with van der Waals surface area (Å²) in [7, 11) is 1.79. The smallest absolute Gasteiger partial charge is 0.241 e. The van der Waals surface area contributed by atoms with Gasteiger partial charge >= 0.3 is 0 Å². The molecule has 1 heterocycles. The molecule has 0 radical (unpaired) electrons. The van der Waals surface area contributed by atoms with Gasteiger partial charge in [-0.3, -0.25) is 10.1 Å². The number of nitrogens with one attached hydrogen (secondary N) is 1. The Bertz CT molecular complexity index is 258. The molecule has 0 unspecified atom stereocenters. The Morgan fingerprint density at radius 1 is 1.91 bits per heavy atom. The highest BCUT2D eigenvalue weighted by molar-refractivity contribution is 6.28. The molecular weight excluding hydrogens is 166 g/mol. The molecule has 0 spiro atoms. The van der Waals surface area contributed by atoms with Crippen molar-refractivity contribution in [2.24, 2.45) is 7.05 Å². The molecule has 0 fully saturated rings. The first-order valence-corrected chi connectivity index (χ1v) is 3.60.